The molecular formula is C13H10OS2. The normalized spacial score (nSPS) is 10.8. The van der Waals surface area contributed by atoms with Gasteiger partial charge in [-0.3, -0.25) is 0 Å². The number of hydrogen-bond donors (Lipinski definition) is 0. The molecule has 16 heavy (non-hydrogen) atoms. The molecule has 2 aromatic heterocycles. The van der Waals surface area contributed by atoms with Crippen molar-refractivity contribution in [2.45, 2.75) is 0 Å². The van der Waals surface area contributed by atoms with Crippen molar-refractivity contribution in [1.29, 1.82) is 0 Å². The van der Waals surface area contributed by atoms with Gasteiger partial charge in [0.25, 0.3) is 0 Å². The molecule has 0 saturated heterocycles. The molecule has 0 amide bonds. The lowest BCUT2D eigenvalue weighted by atomic mass is 10.1. The van der Waals surface area contributed by atoms with Crippen LogP contribution in [0, 0.1) is 0 Å². The molecular weight excluding hydrogens is 236 g/mol. The zero-order valence-corrected chi connectivity index (χ0v) is 10.4. The first kappa shape index (κ1) is 9.87. The van der Waals surface area contributed by atoms with Gasteiger partial charge >= 0.3 is 0 Å². The van der Waals surface area contributed by atoms with E-state index < -0.39 is 0 Å². The van der Waals surface area contributed by atoms with Crippen molar-refractivity contribution in [2.75, 3.05) is 7.11 Å². The van der Waals surface area contributed by atoms with Crippen LogP contribution in [0.25, 0.3) is 20.5 Å². The van der Waals surface area contributed by atoms with Crippen LogP contribution in [0.5, 0.6) is 5.75 Å². The first-order chi connectivity index (χ1) is 7.88. The average molecular weight is 246 g/mol. The van der Waals surface area contributed by atoms with Gasteiger partial charge in [-0.25, -0.2) is 0 Å². The summed E-state index contributed by atoms with van der Waals surface area (Å²) in [5.41, 5.74) is 2.59. The summed E-state index contributed by atoms with van der Waals surface area (Å²) >= 11 is 3.61. The summed E-state index contributed by atoms with van der Waals surface area (Å²) < 4.78 is 7.92. The van der Waals surface area contributed by atoms with Gasteiger partial charge in [0.15, 0.2) is 0 Å². The molecule has 1 aromatic carbocycles. The molecule has 3 aromatic rings. The van der Waals surface area contributed by atoms with Gasteiger partial charge in [0.1, 0.15) is 5.75 Å². The molecule has 0 aliphatic heterocycles. The molecule has 0 radical (unpaired) electrons. The van der Waals surface area contributed by atoms with E-state index in [1.807, 2.05) is 12.1 Å². The summed E-state index contributed by atoms with van der Waals surface area (Å²) in [5, 5.41) is 4.37. The maximum absolute atomic E-state index is 5.16. The Kier molecular flexibility index (Phi) is 2.42. The Morgan fingerprint density at radius 3 is 2.56 bits per heavy atom. The van der Waals surface area contributed by atoms with E-state index in [-0.39, 0.29) is 0 Å². The van der Waals surface area contributed by atoms with Gasteiger partial charge in [0, 0.05) is 15.6 Å². The standard InChI is InChI=1S/C13H10OS2/c1-14-10-4-2-9(3-5-10)11-8-16-12-6-7-15-13(11)12/h2-8H,1H3. The molecule has 0 N–H and O–H groups in total. The fourth-order valence-electron chi connectivity index (χ4n) is 1.73. The highest BCUT2D eigenvalue weighted by Crippen LogP contribution is 2.37. The Balaban J connectivity index is 2.12. The van der Waals surface area contributed by atoms with Crippen LogP contribution < -0.4 is 4.74 Å². The van der Waals surface area contributed by atoms with E-state index in [0.29, 0.717) is 0 Å². The molecule has 3 heteroatoms. The van der Waals surface area contributed by atoms with Gasteiger partial charge in [0.05, 0.1) is 11.8 Å². The first-order valence-electron chi connectivity index (χ1n) is 4.97. The average Bonchev–Trinajstić information content (AvgIpc) is 2.91. The maximum Gasteiger partial charge on any atom is 0.118 e. The lowest BCUT2D eigenvalue weighted by molar-refractivity contribution is 0.415. The number of methoxy groups -OCH3 is 1. The fraction of sp³-hybridized carbons (Fsp3) is 0.0769. The van der Waals surface area contributed by atoms with E-state index in [1.54, 1.807) is 29.8 Å². The molecule has 3 rings (SSSR count). The lowest BCUT2D eigenvalue weighted by Crippen LogP contribution is -1.81. The topological polar surface area (TPSA) is 9.23 Å². The molecule has 0 saturated carbocycles. The van der Waals surface area contributed by atoms with E-state index in [1.165, 1.54) is 20.5 Å². The van der Waals surface area contributed by atoms with Gasteiger partial charge in [-0.1, -0.05) is 12.1 Å². The van der Waals surface area contributed by atoms with Crippen LogP contribution in [0.2, 0.25) is 0 Å². The van der Waals surface area contributed by atoms with Crippen molar-refractivity contribution in [3.05, 3.63) is 41.1 Å². The second kappa shape index (κ2) is 3.92. The minimum Gasteiger partial charge on any atom is -0.497 e. The van der Waals surface area contributed by atoms with Crippen LogP contribution in [-0.2, 0) is 0 Å². The quantitative estimate of drug-likeness (QED) is 0.640. The van der Waals surface area contributed by atoms with Crippen LogP contribution in [-0.4, -0.2) is 7.11 Å². The molecule has 0 spiro atoms. The summed E-state index contributed by atoms with van der Waals surface area (Å²) in [6.07, 6.45) is 0. The Bertz CT molecular complexity index is 604. The summed E-state index contributed by atoms with van der Waals surface area (Å²) in [6.45, 7) is 0. The van der Waals surface area contributed by atoms with Crippen LogP contribution >= 0.6 is 22.7 Å². The number of rotatable bonds is 2. The third-order valence-electron chi connectivity index (χ3n) is 2.58. The summed E-state index contributed by atoms with van der Waals surface area (Å²) in [6, 6.07) is 10.4. The van der Waals surface area contributed by atoms with E-state index >= 15 is 0 Å². The van der Waals surface area contributed by atoms with Gasteiger partial charge in [-0.05, 0) is 29.1 Å². The third kappa shape index (κ3) is 1.52. The summed E-state index contributed by atoms with van der Waals surface area (Å²) in [4.78, 5) is 0. The van der Waals surface area contributed by atoms with Gasteiger partial charge in [-0.2, -0.15) is 0 Å². The fourth-order valence-corrected chi connectivity index (χ4v) is 3.87. The van der Waals surface area contributed by atoms with Gasteiger partial charge in [-0.15, -0.1) is 22.7 Å². The second-order valence-electron chi connectivity index (χ2n) is 3.49. The lowest BCUT2D eigenvalue weighted by Gasteiger charge is -2.01. The highest BCUT2D eigenvalue weighted by Gasteiger charge is 2.07. The minimum absolute atomic E-state index is 0.904. The smallest absolute Gasteiger partial charge is 0.118 e. The largest absolute Gasteiger partial charge is 0.497 e. The van der Waals surface area contributed by atoms with Crippen LogP contribution in [0.4, 0.5) is 0 Å². The highest BCUT2D eigenvalue weighted by molar-refractivity contribution is 7.26. The maximum atomic E-state index is 5.16. The van der Waals surface area contributed by atoms with Crippen molar-refractivity contribution in [3.63, 3.8) is 0 Å². The van der Waals surface area contributed by atoms with Crippen molar-refractivity contribution in [3.8, 4) is 16.9 Å². The van der Waals surface area contributed by atoms with Gasteiger partial charge < -0.3 is 4.74 Å². The Hall–Kier alpha value is -1.32. The van der Waals surface area contributed by atoms with Crippen LogP contribution in [0.15, 0.2) is 41.1 Å². The molecule has 0 fully saturated rings. The second-order valence-corrected chi connectivity index (χ2v) is 5.32. The Morgan fingerprint density at radius 2 is 1.81 bits per heavy atom. The molecule has 0 unspecified atom stereocenters. The Labute approximate surface area is 102 Å². The predicted molar refractivity (Wildman–Crippen MR) is 71.7 cm³/mol. The van der Waals surface area contributed by atoms with Crippen LogP contribution in [0.3, 0.4) is 0 Å². The number of hydrogen-bond acceptors (Lipinski definition) is 3. The first-order valence-corrected chi connectivity index (χ1v) is 6.73. The van der Waals surface area contributed by atoms with Crippen LogP contribution in [0.1, 0.15) is 0 Å². The summed E-state index contributed by atoms with van der Waals surface area (Å²) in [5.74, 6) is 0.904. The molecule has 2 heterocycles. The van der Waals surface area contributed by atoms with Crippen molar-refractivity contribution < 1.29 is 4.74 Å². The third-order valence-corrected chi connectivity index (χ3v) is 4.60. The van der Waals surface area contributed by atoms with Crippen molar-refractivity contribution in [2.24, 2.45) is 0 Å². The van der Waals surface area contributed by atoms with E-state index in [9.17, 15) is 0 Å². The van der Waals surface area contributed by atoms with Crippen molar-refractivity contribution >= 4 is 32.1 Å². The number of thiophene rings is 2. The monoisotopic (exact) mass is 246 g/mol. The Morgan fingerprint density at radius 1 is 1.00 bits per heavy atom. The highest BCUT2D eigenvalue weighted by atomic mass is 32.1. The van der Waals surface area contributed by atoms with Gasteiger partial charge in [0.2, 0.25) is 0 Å². The molecule has 1 nitrogen and oxygen atoms in total. The van der Waals surface area contributed by atoms with E-state index in [4.69, 9.17) is 4.74 Å². The van der Waals surface area contributed by atoms with E-state index in [2.05, 4.69) is 29.0 Å². The van der Waals surface area contributed by atoms with E-state index in [0.717, 1.165) is 5.75 Å². The molecule has 80 valence electrons. The SMILES string of the molecule is COc1ccc(-c2csc3ccsc23)cc1. The number of benzene rings is 1. The molecule has 0 bridgehead atoms. The predicted octanol–water partition coefficient (Wildman–Crippen LogP) is 4.64. The minimum atomic E-state index is 0.904. The molecule has 0 aliphatic carbocycles. The number of ether oxygens (including phenoxy) is 1. The zero-order chi connectivity index (χ0) is 11.0. The molecule has 0 aliphatic rings. The number of fused-ring (bicyclic) bond motifs is 1. The zero-order valence-electron chi connectivity index (χ0n) is 8.77. The van der Waals surface area contributed by atoms with Crippen molar-refractivity contribution in [1.82, 2.24) is 0 Å². The summed E-state index contributed by atoms with van der Waals surface area (Å²) in [7, 11) is 1.69. The molecule has 0 atom stereocenters.